The molecule has 0 spiro atoms. The van der Waals surface area contributed by atoms with Crippen molar-refractivity contribution in [3.05, 3.63) is 71.0 Å². The van der Waals surface area contributed by atoms with Gasteiger partial charge in [0, 0.05) is 10.6 Å². The number of rotatable bonds is 4. The molecular formula is C18H19ClN5O+. The predicted octanol–water partition coefficient (Wildman–Crippen LogP) is 1.32. The van der Waals surface area contributed by atoms with Crippen LogP contribution in [0.1, 0.15) is 17.4 Å². The van der Waals surface area contributed by atoms with Crippen LogP contribution in [0, 0.1) is 0 Å². The van der Waals surface area contributed by atoms with Gasteiger partial charge in [-0.3, -0.25) is 0 Å². The van der Waals surface area contributed by atoms with Gasteiger partial charge < -0.3 is 9.64 Å². The fraction of sp³-hybridized carbons (Fsp3) is 0.278. The van der Waals surface area contributed by atoms with Crippen LogP contribution in [0.3, 0.4) is 0 Å². The zero-order valence-electron chi connectivity index (χ0n) is 13.7. The van der Waals surface area contributed by atoms with Crippen LogP contribution in [0.4, 0.5) is 0 Å². The lowest BCUT2D eigenvalue weighted by Gasteiger charge is -2.31. The standard InChI is InChI=1S/C18H18ClN5O/c19-15-8-6-14(7-9-15)17(23-10-12-25-13-11-23)18-20-21-22-24(18)16-4-2-1-3-5-16/h1-9,17H,10-13H2/p+1/t17-/m0/s1. The van der Waals surface area contributed by atoms with Crippen molar-refractivity contribution >= 4 is 11.6 Å². The molecule has 0 unspecified atom stereocenters. The molecule has 2 heterocycles. The summed E-state index contributed by atoms with van der Waals surface area (Å²) in [5.74, 6) is 0.824. The Morgan fingerprint density at radius 2 is 1.72 bits per heavy atom. The van der Waals surface area contributed by atoms with Gasteiger partial charge in [-0.2, -0.15) is 4.68 Å². The summed E-state index contributed by atoms with van der Waals surface area (Å²) in [5, 5.41) is 13.3. The van der Waals surface area contributed by atoms with Gasteiger partial charge >= 0.3 is 0 Å². The molecule has 7 heteroatoms. The molecule has 4 rings (SSSR count). The lowest BCUT2D eigenvalue weighted by molar-refractivity contribution is -0.933. The minimum atomic E-state index is 0.0244. The van der Waals surface area contributed by atoms with E-state index in [2.05, 4.69) is 27.7 Å². The van der Waals surface area contributed by atoms with Gasteiger partial charge in [0.15, 0.2) is 6.04 Å². The van der Waals surface area contributed by atoms with Crippen molar-refractivity contribution in [3.63, 3.8) is 0 Å². The van der Waals surface area contributed by atoms with E-state index >= 15 is 0 Å². The van der Waals surface area contributed by atoms with Crippen LogP contribution in [0.5, 0.6) is 0 Å². The number of ether oxygens (including phenoxy) is 1. The predicted molar refractivity (Wildman–Crippen MR) is 94.0 cm³/mol. The van der Waals surface area contributed by atoms with E-state index in [9.17, 15) is 0 Å². The van der Waals surface area contributed by atoms with Crippen molar-refractivity contribution in [2.24, 2.45) is 0 Å². The first-order chi connectivity index (χ1) is 12.3. The van der Waals surface area contributed by atoms with E-state index in [-0.39, 0.29) is 6.04 Å². The second-order valence-electron chi connectivity index (χ2n) is 6.04. The van der Waals surface area contributed by atoms with Crippen LogP contribution in [-0.2, 0) is 4.74 Å². The summed E-state index contributed by atoms with van der Waals surface area (Å²) in [6, 6.07) is 17.9. The first kappa shape index (κ1) is 16.2. The van der Waals surface area contributed by atoms with E-state index in [1.165, 1.54) is 4.90 Å². The Morgan fingerprint density at radius 1 is 1.00 bits per heavy atom. The zero-order chi connectivity index (χ0) is 17.1. The Kier molecular flexibility index (Phi) is 4.74. The van der Waals surface area contributed by atoms with Crippen LogP contribution in [0.15, 0.2) is 54.6 Å². The Morgan fingerprint density at radius 3 is 2.44 bits per heavy atom. The summed E-state index contributed by atoms with van der Waals surface area (Å²) in [5.41, 5.74) is 2.10. The van der Waals surface area contributed by atoms with Crippen molar-refractivity contribution < 1.29 is 9.64 Å². The second-order valence-corrected chi connectivity index (χ2v) is 6.48. The average molecular weight is 357 g/mol. The minimum Gasteiger partial charge on any atom is -0.370 e. The molecule has 0 saturated carbocycles. The number of benzene rings is 2. The fourth-order valence-electron chi connectivity index (χ4n) is 3.27. The molecular weight excluding hydrogens is 338 g/mol. The maximum absolute atomic E-state index is 6.08. The molecule has 128 valence electrons. The summed E-state index contributed by atoms with van der Waals surface area (Å²) >= 11 is 6.08. The Bertz CT molecular complexity index is 815. The third-order valence-electron chi connectivity index (χ3n) is 4.50. The topological polar surface area (TPSA) is 57.3 Å². The van der Waals surface area contributed by atoms with Gasteiger partial charge in [0.25, 0.3) is 0 Å². The van der Waals surface area contributed by atoms with Crippen LogP contribution in [0.2, 0.25) is 5.02 Å². The first-order valence-corrected chi connectivity index (χ1v) is 8.72. The number of hydrogen-bond donors (Lipinski definition) is 1. The number of halogens is 1. The van der Waals surface area contributed by atoms with Crippen molar-refractivity contribution in [2.45, 2.75) is 6.04 Å². The number of nitrogens with zero attached hydrogens (tertiary/aromatic N) is 4. The van der Waals surface area contributed by atoms with E-state index in [1.807, 2.05) is 47.1 Å². The van der Waals surface area contributed by atoms with Gasteiger partial charge in [-0.1, -0.05) is 41.9 Å². The van der Waals surface area contributed by atoms with Crippen LogP contribution in [0.25, 0.3) is 5.69 Å². The van der Waals surface area contributed by atoms with Crippen LogP contribution < -0.4 is 4.90 Å². The van der Waals surface area contributed by atoms with Gasteiger partial charge in [-0.05, 0) is 34.7 Å². The van der Waals surface area contributed by atoms with Gasteiger partial charge in [0.05, 0.1) is 18.9 Å². The van der Waals surface area contributed by atoms with Gasteiger partial charge in [-0.25, -0.2) is 0 Å². The highest BCUT2D eigenvalue weighted by Crippen LogP contribution is 2.21. The van der Waals surface area contributed by atoms with E-state index in [4.69, 9.17) is 16.3 Å². The van der Waals surface area contributed by atoms with Gasteiger partial charge in [0.2, 0.25) is 5.82 Å². The summed E-state index contributed by atoms with van der Waals surface area (Å²) in [4.78, 5) is 1.39. The molecule has 0 bridgehead atoms. The minimum absolute atomic E-state index is 0.0244. The molecule has 0 radical (unpaired) electrons. The second kappa shape index (κ2) is 7.31. The van der Waals surface area contributed by atoms with Gasteiger partial charge in [-0.15, -0.1) is 5.10 Å². The summed E-state index contributed by atoms with van der Waals surface area (Å²) in [7, 11) is 0. The largest absolute Gasteiger partial charge is 0.370 e. The van der Waals surface area contributed by atoms with Crippen LogP contribution >= 0.6 is 11.6 Å². The molecule has 1 saturated heterocycles. The average Bonchev–Trinajstić information content (AvgIpc) is 3.14. The third kappa shape index (κ3) is 3.42. The summed E-state index contributed by atoms with van der Waals surface area (Å²) < 4.78 is 7.36. The van der Waals surface area contributed by atoms with Crippen molar-refractivity contribution in [2.75, 3.05) is 26.3 Å². The Balaban J connectivity index is 1.79. The Labute approximate surface area is 151 Å². The molecule has 1 aromatic heterocycles. The van der Waals surface area contributed by atoms with Gasteiger partial charge in [0.1, 0.15) is 13.1 Å². The quantitative estimate of drug-likeness (QED) is 0.766. The lowest BCUT2D eigenvalue weighted by atomic mass is 10.0. The van der Waals surface area contributed by atoms with E-state index < -0.39 is 0 Å². The summed E-state index contributed by atoms with van der Waals surface area (Å²) in [6.07, 6.45) is 0. The van der Waals surface area contributed by atoms with Crippen molar-refractivity contribution in [1.29, 1.82) is 0 Å². The number of para-hydroxylation sites is 1. The zero-order valence-corrected chi connectivity index (χ0v) is 14.4. The normalized spacial score (nSPS) is 16.7. The Hall–Kier alpha value is -2.28. The third-order valence-corrected chi connectivity index (χ3v) is 4.75. The lowest BCUT2D eigenvalue weighted by Crippen LogP contribution is -3.14. The molecule has 1 aliphatic heterocycles. The first-order valence-electron chi connectivity index (χ1n) is 8.34. The SMILES string of the molecule is Clc1ccc([C@@H](c2nnnn2-c2ccccc2)[NH+]2CCOCC2)cc1. The monoisotopic (exact) mass is 356 g/mol. The maximum Gasteiger partial charge on any atom is 0.218 e. The smallest absolute Gasteiger partial charge is 0.218 e. The molecule has 1 aliphatic rings. The van der Waals surface area contributed by atoms with Crippen LogP contribution in [-0.4, -0.2) is 46.5 Å². The number of morpholine rings is 1. The molecule has 1 fully saturated rings. The highest BCUT2D eigenvalue weighted by molar-refractivity contribution is 6.30. The van der Waals surface area contributed by atoms with E-state index in [0.717, 1.165) is 48.4 Å². The molecule has 0 aliphatic carbocycles. The van der Waals surface area contributed by atoms with E-state index in [0.29, 0.717) is 0 Å². The molecule has 2 aromatic carbocycles. The molecule has 1 N–H and O–H groups in total. The number of nitrogens with one attached hydrogen (secondary N) is 1. The molecule has 0 amide bonds. The maximum atomic E-state index is 6.08. The van der Waals surface area contributed by atoms with E-state index in [1.54, 1.807) is 0 Å². The molecule has 25 heavy (non-hydrogen) atoms. The molecule has 1 atom stereocenters. The van der Waals surface area contributed by atoms with Crippen molar-refractivity contribution in [1.82, 2.24) is 20.2 Å². The number of tetrazole rings is 1. The highest BCUT2D eigenvalue weighted by atomic mass is 35.5. The van der Waals surface area contributed by atoms with Crippen molar-refractivity contribution in [3.8, 4) is 5.69 Å². The fourth-order valence-corrected chi connectivity index (χ4v) is 3.40. The molecule has 6 nitrogen and oxygen atoms in total. The molecule has 3 aromatic rings. The highest BCUT2D eigenvalue weighted by Gasteiger charge is 2.33. The summed E-state index contributed by atoms with van der Waals surface area (Å²) in [6.45, 7) is 3.31. The number of hydrogen-bond acceptors (Lipinski definition) is 4. The number of aromatic nitrogens is 4. The number of quaternary nitrogens is 1.